The topological polar surface area (TPSA) is 64.0 Å². The van der Waals surface area contributed by atoms with Crippen LogP contribution in [0.5, 0.6) is 0 Å². The molecule has 0 fully saturated rings. The SMILES string of the molecule is CCCn1ccc(NS(=O)(=O)c2ccc(F)cc2)n1. The predicted molar refractivity (Wildman–Crippen MR) is 69.7 cm³/mol. The Hall–Kier alpha value is -1.89. The van der Waals surface area contributed by atoms with Crippen LogP contribution in [0.25, 0.3) is 0 Å². The molecule has 2 aromatic rings. The van der Waals surface area contributed by atoms with E-state index >= 15 is 0 Å². The molecule has 0 bridgehead atoms. The number of halogens is 1. The first kappa shape index (κ1) is 13.5. The monoisotopic (exact) mass is 283 g/mol. The standard InChI is InChI=1S/C12H14FN3O2S/c1-2-8-16-9-7-12(14-16)15-19(17,18)11-5-3-10(13)4-6-11/h3-7,9H,2,8H2,1H3,(H,14,15). The van der Waals surface area contributed by atoms with Crippen molar-refractivity contribution in [2.45, 2.75) is 24.8 Å². The average molecular weight is 283 g/mol. The van der Waals surface area contributed by atoms with E-state index in [1.165, 1.54) is 12.1 Å². The summed E-state index contributed by atoms with van der Waals surface area (Å²) < 4.78 is 40.8. The normalized spacial score (nSPS) is 11.5. The van der Waals surface area contributed by atoms with Crippen LogP contribution in [0.2, 0.25) is 0 Å². The number of aryl methyl sites for hydroxylation is 1. The molecule has 0 radical (unpaired) electrons. The molecule has 0 unspecified atom stereocenters. The van der Waals surface area contributed by atoms with Crippen molar-refractivity contribution in [3.05, 3.63) is 42.3 Å². The molecule has 7 heteroatoms. The Kier molecular flexibility index (Phi) is 3.84. The molecular weight excluding hydrogens is 269 g/mol. The number of nitrogens with one attached hydrogen (secondary N) is 1. The summed E-state index contributed by atoms with van der Waals surface area (Å²) in [5.41, 5.74) is 0. The lowest BCUT2D eigenvalue weighted by molar-refractivity contribution is 0.596. The first-order valence-electron chi connectivity index (χ1n) is 5.83. The minimum Gasteiger partial charge on any atom is -0.271 e. The van der Waals surface area contributed by atoms with Crippen LogP contribution < -0.4 is 4.72 Å². The maximum atomic E-state index is 12.8. The molecule has 0 saturated carbocycles. The number of hydrogen-bond acceptors (Lipinski definition) is 3. The van der Waals surface area contributed by atoms with Crippen LogP contribution >= 0.6 is 0 Å². The zero-order valence-electron chi connectivity index (χ0n) is 10.4. The van der Waals surface area contributed by atoms with E-state index in [1.807, 2.05) is 6.92 Å². The largest absolute Gasteiger partial charge is 0.271 e. The van der Waals surface area contributed by atoms with Gasteiger partial charge in [-0.1, -0.05) is 6.92 Å². The lowest BCUT2D eigenvalue weighted by atomic mass is 10.4. The summed E-state index contributed by atoms with van der Waals surface area (Å²) >= 11 is 0. The van der Waals surface area contributed by atoms with Crippen molar-refractivity contribution in [3.63, 3.8) is 0 Å². The van der Waals surface area contributed by atoms with E-state index in [0.717, 1.165) is 25.1 Å². The van der Waals surface area contributed by atoms with Crippen molar-refractivity contribution in [2.75, 3.05) is 4.72 Å². The van der Waals surface area contributed by atoms with Gasteiger partial charge in [0, 0.05) is 18.8 Å². The Morgan fingerprint density at radius 2 is 1.95 bits per heavy atom. The highest BCUT2D eigenvalue weighted by Crippen LogP contribution is 2.14. The Morgan fingerprint density at radius 3 is 2.58 bits per heavy atom. The number of benzene rings is 1. The lowest BCUT2D eigenvalue weighted by Gasteiger charge is -2.05. The highest BCUT2D eigenvalue weighted by molar-refractivity contribution is 7.92. The summed E-state index contributed by atoms with van der Waals surface area (Å²) in [5.74, 6) is -0.232. The molecule has 0 saturated heterocycles. The molecule has 5 nitrogen and oxygen atoms in total. The molecule has 0 aliphatic carbocycles. The summed E-state index contributed by atoms with van der Waals surface area (Å²) in [4.78, 5) is -0.000980. The molecule has 0 atom stereocenters. The van der Waals surface area contributed by atoms with Crippen LogP contribution in [0.15, 0.2) is 41.4 Å². The van der Waals surface area contributed by atoms with E-state index in [2.05, 4.69) is 9.82 Å². The van der Waals surface area contributed by atoms with Gasteiger partial charge in [0.1, 0.15) is 5.82 Å². The van der Waals surface area contributed by atoms with E-state index in [4.69, 9.17) is 0 Å². The van der Waals surface area contributed by atoms with Gasteiger partial charge < -0.3 is 0 Å². The number of nitrogens with zero attached hydrogens (tertiary/aromatic N) is 2. The van der Waals surface area contributed by atoms with Crippen molar-refractivity contribution in [1.82, 2.24) is 9.78 Å². The summed E-state index contributed by atoms with van der Waals surface area (Å²) in [6, 6.07) is 6.20. The fraction of sp³-hybridized carbons (Fsp3) is 0.250. The molecule has 1 N–H and O–H groups in total. The molecule has 1 aromatic carbocycles. The van der Waals surface area contributed by atoms with Crippen LogP contribution in [-0.2, 0) is 16.6 Å². The second-order valence-corrected chi connectivity index (χ2v) is 5.71. The maximum absolute atomic E-state index is 12.8. The Morgan fingerprint density at radius 1 is 1.26 bits per heavy atom. The number of hydrogen-bond donors (Lipinski definition) is 1. The fourth-order valence-electron chi connectivity index (χ4n) is 1.58. The maximum Gasteiger partial charge on any atom is 0.263 e. The third kappa shape index (κ3) is 3.31. The van der Waals surface area contributed by atoms with Crippen molar-refractivity contribution < 1.29 is 12.8 Å². The van der Waals surface area contributed by atoms with Crippen LogP contribution in [0.4, 0.5) is 10.2 Å². The van der Waals surface area contributed by atoms with Gasteiger partial charge in [-0.3, -0.25) is 9.40 Å². The molecule has 102 valence electrons. The minimum atomic E-state index is -3.72. The highest BCUT2D eigenvalue weighted by Gasteiger charge is 2.15. The van der Waals surface area contributed by atoms with Gasteiger partial charge >= 0.3 is 0 Å². The van der Waals surface area contributed by atoms with Crippen molar-refractivity contribution >= 4 is 15.8 Å². The molecule has 0 aliphatic heterocycles. The van der Waals surface area contributed by atoms with E-state index in [-0.39, 0.29) is 10.7 Å². The van der Waals surface area contributed by atoms with Gasteiger partial charge in [-0.05, 0) is 30.7 Å². The van der Waals surface area contributed by atoms with Crippen LogP contribution in [0.3, 0.4) is 0 Å². The highest BCUT2D eigenvalue weighted by atomic mass is 32.2. The van der Waals surface area contributed by atoms with Crippen LogP contribution in [0.1, 0.15) is 13.3 Å². The van der Waals surface area contributed by atoms with Crippen LogP contribution in [0, 0.1) is 5.82 Å². The van der Waals surface area contributed by atoms with Crippen LogP contribution in [-0.4, -0.2) is 18.2 Å². The second kappa shape index (κ2) is 5.40. The smallest absolute Gasteiger partial charge is 0.263 e. The Bertz CT molecular complexity index is 650. The van der Waals surface area contributed by atoms with Gasteiger partial charge in [-0.25, -0.2) is 12.8 Å². The van der Waals surface area contributed by atoms with E-state index < -0.39 is 15.8 Å². The van der Waals surface area contributed by atoms with E-state index in [1.54, 1.807) is 16.9 Å². The third-order valence-corrected chi connectivity index (χ3v) is 3.83. The Labute approximate surface area is 111 Å². The molecule has 0 amide bonds. The molecule has 0 spiro atoms. The van der Waals surface area contributed by atoms with Gasteiger partial charge in [0.05, 0.1) is 4.90 Å². The zero-order chi connectivity index (χ0) is 13.9. The van der Waals surface area contributed by atoms with Crippen molar-refractivity contribution in [2.24, 2.45) is 0 Å². The zero-order valence-corrected chi connectivity index (χ0v) is 11.2. The summed E-state index contributed by atoms with van der Waals surface area (Å²) in [5, 5.41) is 4.08. The molecule has 2 rings (SSSR count). The van der Waals surface area contributed by atoms with Gasteiger partial charge in [-0.15, -0.1) is 0 Å². The minimum absolute atomic E-state index is 0.000980. The molecule has 0 aliphatic rings. The molecule has 1 heterocycles. The van der Waals surface area contributed by atoms with Gasteiger partial charge in [0.25, 0.3) is 10.0 Å². The number of aromatic nitrogens is 2. The first-order valence-corrected chi connectivity index (χ1v) is 7.31. The summed E-state index contributed by atoms with van der Waals surface area (Å²) in [6.45, 7) is 2.72. The first-order chi connectivity index (χ1) is 9.01. The fourth-order valence-corrected chi connectivity index (χ4v) is 2.58. The lowest BCUT2D eigenvalue weighted by Crippen LogP contribution is -2.13. The van der Waals surface area contributed by atoms with Gasteiger partial charge in [-0.2, -0.15) is 5.10 Å². The molecule has 1 aromatic heterocycles. The van der Waals surface area contributed by atoms with E-state index in [0.29, 0.717) is 0 Å². The van der Waals surface area contributed by atoms with Gasteiger partial charge in [0.15, 0.2) is 5.82 Å². The van der Waals surface area contributed by atoms with Crippen molar-refractivity contribution in [1.29, 1.82) is 0 Å². The van der Waals surface area contributed by atoms with E-state index in [9.17, 15) is 12.8 Å². The average Bonchev–Trinajstić information content (AvgIpc) is 2.77. The predicted octanol–water partition coefficient (Wildman–Crippen LogP) is 2.23. The van der Waals surface area contributed by atoms with Crippen molar-refractivity contribution in [3.8, 4) is 0 Å². The number of sulfonamides is 1. The Balaban J connectivity index is 2.18. The van der Waals surface area contributed by atoms with Gasteiger partial charge in [0.2, 0.25) is 0 Å². The second-order valence-electron chi connectivity index (χ2n) is 4.02. The summed E-state index contributed by atoms with van der Waals surface area (Å²) in [7, 11) is -3.72. The quantitative estimate of drug-likeness (QED) is 0.915. The molecule has 19 heavy (non-hydrogen) atoms. The number of rotatable bonds is 5. The number of anilines is 1. The third-order valence-electron chi connectivity index (χ3n) is 2.46. The summed E-state index contributed by atoms with van der Waals surface area (Å²) in [6.07, 6.45) is 2.61. The molecular formula is C12H14FN3O2S.